The van der Waals surface area contributed by atoms with Gasteiger partial charge in [-0.1, -0.05) is 15.9 Å². The molecule has 0 aromatic heterocycles. The molecule has 2 N–H and O–H groups in total. The molecular weight excluding hydrogens is 246 g/mol. The van der Waals surface area contributed by atoms with Crippen molar-refractivity contribution in [3.05, 3.63) is 28.2 Å². The fourth-order valence-electron chi connectivity index (χ4n) is 1.26. The number of rotatable bonds is 4. The summed E-state index contributed by atoms with van der Waals surface area (Å²) in [6.45, 7) is 0.0578. The quantitative estimate of drug-likeness (QED) is 0.866. The van der Waals surface area contributed by atoms with Crippen LogP contribution >= 0.6 is 15.9 Å². The molecule has 0 aliphatic carbocycles. The van der Waals surface area contributed by atoms with E-state index in [0.29, 0.717) is 0 Å². The van der Waals surface area contributed by atoms with Gasteiger partial charge in [-0.05, 0) is 30.8 Å². The number of methoxy groups -OCH3 is 1. The van der Waals surface area contributed by atoms with Gasteiger partial charge in [0.05, 0.1) is 19.8 Å². The third-order valence-electron chi connectivity index (χ3n) is 2.11. The van der Waals surface area contributed by atoms with E-state index in [1.165, 1.54) is 0 Å². The minimum atomic E-state index is -0.0699. The molecule has 78 valence electrons. The van der Waals surface area contributed by atoms with Crippen LogP contribution in [0.1, 0.15) is 11.6 Å². The second kappa shape index (κ2) is 5.34. The number of aliphatic hydroxyl groups excluding tert-OH is 1. The van der Waals surface area contributed by atoms with Gasteiger partial charge < -0.3 is 15.2 Å². The number of hydrogen-bond acceptors (Lipinski definition) is 3. The molecule has 0 spiro atoms. The highest BCUT2D eigenvalue weighted by molar-refractivity contribution is 9.10. The number of halogens is 1. The molecule has 1 aromatic rings. The van der Waals surface area contributed by atoms with Gasteiger partial charge in [-0.3, -0.25) is 0 Å². The summed E-state index contributed by atoms with van der Waals surface area (Å²) in [5.74, 6) is 0.789. The van der Waals surface area contributed by atoms with E-state index >= 15 is 0 Å². The fourth-order valence-corrected chi connectivity index (χ4v) is 1.78. The minimum absolute atomic E-state index is 0.0578. The SMILES string of the molecule is CN[C@@H](CO)c1cc(OC)ccc1Br. The van der Waals surface area contributed by atoms with Crippen molar-refractivity contribution in [2.24, 2.45) is 0 Å². The van der Waals surface area contributed by atoms with Crippen LogP contribution in [0.3, 0.4) is 0 Å². The normalized spacial score (nSPS) is 12.6. The number of nitrogens with one attached hydrogen (secondary N) is 1. The van der Waals surface area contributed by atoms with Crippen LogP contribution in [0.2, 0.25) is 0 Å². The van der Waals surface area contributed by atoms with Gasteiger partial charge in [-0.2, -0.15) is 0 Å². The van der Waals surface area contributed by atoms with Crippen molar-refractivity contribution in [2.45, 2.75) is 6.04 Å². The molecule has 0 radical (unpaired) electrons. The largest absolute Gasteiger partial charge is 0.497 e. The number of hydrogen-bond donors (Lipinski definition) is 2. The molecule has 0 fully saturated rings. The first-order valence-electron chi connectivity index (χ1n) is 4.34. The Balaban J connectivity index is 3.04. The number of ether oxygens (including phenoxy) is 1. The summed E-state index contributed by atoms with van der Waals surface area (Å²) in [5, 5.41) is 12.2. The van der Waals surface area contributed by atoms with Crippen LogP contribution in [0, 0.1) is 0 Å². The second-order valence-corrected chi connectivity index (χ2v) is 3.77. The van der Waals surface area contributed by atoms with E-state index in [-0.39, 0.29) is 12.6 Å². The van der Waals surface area contributed by atoms with Crippen molar-refractivity contribution >= 4 is 15.9 Å². The second-order valence-electron chi connectivity index (χ2n) is 2.91. The maximum Gasteiger partial charge on any atom is 0.119 e. The summed E-state index contributed by atoms with van der Waals surface area (Å²) in [5.41, 5.74) is 0.995. The van der Waals surface area contributed by atoms with Gasteiger partial charge in [-0.15, -0.1) is 0 Å². The lowest BCUT2D eigenvalue weighted by Crippen LogP contribution is -2.20. The van der Waals surface area contributed by atoms with Crippen molar-refractivity contribution in [1.29, 1.82) is 0 Å². The van der Waals surface area contributed by atoms with Gasteiger partial charge in [0.25, 0.3) is 0 Å². The zero-order chi connectivity index (χ0) is 10.6. The summed E-state index contributed by atoms with van der Waals surface area (Å²) in [6.07, 6.45) is 0. The number of likely N-dealkylation sites (N-methyl/N-ethyl adjacent to an activating group) is 1. The van der Waals surface area contributed by atoms with Crippen LogP contribution in [0.5, 0.6) is 5.75 Å². The van der Waals surface area contributed by atoms with Crippen LogP contribution in [0.25, 0.3) is 0 Å². The Morgan fingerprint density at radius 3 is 2.79 bits per heavy atom. The summed E-state index contributed by atoms with van der Waals surface area (Å²) in [7, 11) is 3.44. The summed E-state index contributed by atoms with van der Waals surface area (Å²) in [6, 6.07) is 5.62. The molecule has 0 aliphatic heterocycles. The molecule has 0 amide bonds. The number of aliphatic hydroxyl groups is 1. The first kappa shape index (κ1) is 11.5. The molecule has 1 rings (SSSR count). The topological polar surface area (TPSA) is 41.5 Å². The summed E-state index contributed by atoms with van der Waals surface area (Å²) >= 11 is 3.44. The fraction of sp³-hybridized carbons (Fsp3) is 0.400. The highest BCUT2D eigenvalue weighted by Crippen LogP contribution is 2.27. The highest BCUT2D eigenvalue weighted by Gasteiger charge is 2.12. The monoisotopic (exact) mass is 259 g/mol. The first-order chi connectivity index (χ1) is 6.72. The van der Waals surface area contributed by atoms with Crippen LogP contribution in [-0.4, -0.2) is 25.9 Å². The average Bonchev–Trinajstić information content (AvgIpc) is 2.22. The maximum absolute atomic E-state index is 9.14. The Labute approximate surface area is 92.2 Å². The van der Waals surface area contributed by atoms with Gasteiger partial charge in [0.1, 0.15) is 5.75 Å². The molecule has 0 aliphatic rings. The van der Waals surface area contributed by atoms with E-state index in [1.807, 2.05) is 25.2 Å². The van der Waals surface area contributed by atoms with E-state index in [2.05, 4.69) is 21.2 Å². The lowest BCUT2D eigenvalue weighted by molar-refractivity contribution is 0.250. The molecule has 3 nitrogen and oxygen atoms in total. The third kappa shape index (κ3) is 2.47. The van der Waals surface area contributed by atoms with Gasteiger partial charge in [-0.25, -0.2) is 0 Å². The van der Waals surface area contributed by atoms with Crippen LogP contribution in [0.4, 0.5) is 0 Å². The van der Waals surface area contributed by atoms with Gasteiger partial charge >= 0.3 is 0 Å². The lowest BCUT2D eigenvalue weighted by atomic mass is 10.1. The average molecular weight is 260 g/mol. The predicted octanol–water partition coefficient (Wildman–Crippen LogP) is 1.71. The van der Waals surface area contributed by atoms with Crippen molar-refractivity contribution in [3.63, 3.8) is 0 Å². The zero-order valence-electron chi connectivity index (χ0n) is 8.25. The molecule has 14 heavy (non-hydrogen) atoms. The molecule has 1 aromatic carbocycles. The molecular formula is C10H14BrNO2. The molecule has 0 unspecified atom stereocenters. The van der Waals surface area contributed by atoms with Gasteiger partial charge in [0, 0.05) is 4.47 Å². The molecule has 0 saturated heterocycles. The predicted molar refractivity (Wildman–Crippen MR) is 59.6 cm³/mol. The Kier molecular flexibility index (Phi) is 4.38. The molecule has 0 saturated carbocycles. The van der Waals surface area contributed by atoms with Crippen LogP contribution in [-0.2, 0) is 0 Å². The van der Waals surface area contributed by atoms with E-state index in [9.17, 15) is 0 Å². The number of benzene rings is 1. The smallest absolute Gasteiger partial charge is 0.119 e. The third-order valence-corrected chi connectivity index (χ3v) is 2.83. The van der Waals surface area contributed by atoms with Crippen molar-refractivity contribution in [2.75, 3.05) is 20.8 Å². The molecule has 0 bridgehead atoms. The van der Waals surface area contributed by atoms with Crippen molar-refractivity contribution < 1.29 is 9.84 Å². The Morgan fingerprint density at radius 1 is 1.57 bits per heavy atom. The Morgan fingerprint density at radius 2 is 2.29 bits per heavy atom. The van der Waals surface area contributed by atoms with E-state index < -0.39 is 0 Å². The van der Waals surface area contributed by atoms with Crippen LogP contribution < -0.4 is 10.1 Å². The van der Waals surface area contributed by atoms with Crippen LogP contribution in [0.15, 0.2) is 22.7 Å². The van der Waals surface area contributed by atoms with E-state index in [0.717, 1.165) is 15.8 Å². The highest BCUT2D eigenvalue weighted by atomic mass is 79.9. The van der Waals surface area contributed by atoms with Gasteiger partial charge in [0.15, 0.2) is 0 Å². The van der Waals surface area contributed by atoms with Gasteiger partial charge in [0.2, 0.25) is 0 Å². The molecule has 4 heteroatoms. The Hall–Kier alpha value is -0.580. The summed E-state index contributed by atoms with van der Waals surface area (Å²) in [4.78, 5) is 0. The summed E-state index contributed by atoms with van der Waals surface area (Å²) < 4.78 is 6.08. The van der Waals surface area contributed by atoms with Crippen molar-refractivity contribution in [1.82, 2.24) is 5.32 Å². The maximum atomic E-state index is 9.14. The van der Waals surface area contributed by atoms with E-state index in [4.69, 9.17) is 9.84 Å². The van der Waals surface area contributed by atoms with Crippen molar-refractivity contribution in [3.8, 4) is 5.75 Å². The molecule has 0 heterocycles. The molecule has 1 atom stereocenters. The minimum Gasteiger partial charge on any atom is -0.497 e. The lowest BCUT2D eigenvalue weighted by Gasteiger charge is -2.16. The zero-order valence-corrected chi connectivity index (χ0v) is 9.84. The standard InChI is InChI=1S/C10H14BrNO2/c1-12-10(6-13)8-5-7(14-2)3-4-9(8)11/h3-5,10,12-13H,6H2,1-2H3/t10-/m0/s1. The van der Waals surface area contributed by atoms with E-state index in [1.54, 1.807) is 7.11 Å². The Bertz CT molecular complexity index is 300. The first-order valence-corrected chi connectivity index (χ1v) is 5.13.